The Bertz CT molecular complexity index is 679. The fourth-order valence-corrected chi connectivity index (χ4v) is 3.12. The van der Waals surface area contributed by atoms with E-state index in [1.165, 1.54) is 17.0 Å². The van der Waals surface area contributed by atoms with E-state index in [1.54, 1.807) is 6.07 Å². The first kappa shape index (κ1) is 17.4. The highest BCUT2D eigenvalue weighted by Crippen LogP contribution is 2.22. The molecule has 2 rings (SSSR count). The molecule has 0 saturated carbocycles. The molecule has 0 radical (unpaired) electrons. The van der Waals surface area contributed by atoms with Crippen LogP contribution in [0.15, 0.2) is 35.7 Å². The number of rotatable bonds is 5. The molecule has 122 valence electrons. The first-order chi connectivity index (χ1) is 11.0. The van der Waals surface area contributed by atoms with Crippen molar-refractivity contribution in [3.63, 3.8) is 0 Å². The molecule has 0 bridgehead atoms. The number of aryl methyl sites for hydroxylation is 1. The topological polar surface area (TPSA) is 44.4 Å². The maximum absolute atomic E-state index is 12.0. The largest absolute Gasteiger partial charge is 0.372 e. The Kier molecular flexibility index (Phi) is 6.12. The zero-order valence-electron chi connectivity index (χ0n) is 13.6. The molecule has 0 aliphatic carbocycles. The van der Waals surface area contributed by atoms with E-state index < -0.39 is 0 Å². The van der Waals surface area contributed by atoms with Gasteiger partial charge in [0.05, 0.1) is 4.88 Å². The lowest BCUT2D eigenvalue weighted by Crippen LogP contribution is -2.33. The second-order valence-electron chi connectivity index (χ2n) is 5.06. The Morgan fingerprint density at radius 3 is 2.57 bits per heavy atom. The van der Waals surface area contributed by atoms with Gasteiger partial charge in [0, 0.05) is 24.5 Å². The number of carbonyl (C=O) groups is 1. The van der Waals surface area contributed by atoms with Crippen molar-refractivity contribution in [3.05, 3.63) is 46.2 Å². The highest BCUT2D eigenvalue weighted by atomic mass is 32.1. The summed E-state index contributed by atoms with van der Waals surface area (Å²) in [6.07, 6.45) is 0. The third kappa shape index (κ3) is 4.53. The molecule has 1 aromatic heterocycles. The van der Waals surface area contributed by atoms with Gasteiger partial charge in [-0.1, -0.05) is 6.07 Å². The normalized spacial score (nSPS) is 10.2. The number of hydrogen-bond donors (Lipinski definition) is 2. The van der Waals surface area contributed by atoms with Crippen molar-refractivity contribution in [1.29, 1.82) is 0 Å². The third-order valence-electron chi connectivity index (χ3n) is 3.56. The van der Waals surface area contributed by atoms with Crippen molar-refractivity contribution in [2.24, 2.45) is 0 Å². The number of nitrogens with zero attached hydrogens (tertiary/aromatic N) is 1. The summed E-state index contributed by atoms with van der Waals surface area (Å²) < 4.78 is 0. The molecule has 0 spiro atoms. The van der Waals surface area contributed by atoms with Crippen LogP contribution in [0, 0.1) is 6.92 Å². The molecule has 0 fully saturated rings. The van der Waals surface area contributed by atoms with Crippen LogP contribution in [0.2, 0.25) is 0 Å². The summed E-state index contributed by atoms with van der Waals surface area (Å²) in [4.78, 5) is 14.9. The van der Waals surface area contributed by atoms with Gasteiger partial charge in [0.15, 0.2) is 5.11 Å². The van der Waals surface area contributed by atoms with Crippen molar-refractivity contribution in [1.82, 2.24) is 5.32 Å². The lowest BCUT2D eigenvalue weighted by atomic mass is 10.1. The van der Waals surface area contributed by atoms with Crippen LogP contribution in [-0.4, -0.2) is 24.1 Å². The number of amides is 1. The van der Waals surface area contributed by atoms with Crippen molar-refractivity contribution in [2.75, 3.05) is 23.3 Å². The van der Waals surface area contributed by atoms with E-state index >= 15 is 0 Å². The van der Waals surface area contributed by atoms with E-state index in [4.69, 9.17) is 12.2 Å². The minimum Gasteiger partial charge on any atom is -0.372 e. The SMILES string of the molecule is CCN(CC)c1ccc(NC(=S)NC(=O)c2cccs2)c(C)c1. The van der Waals surface area contributed by atoms with Gasteiger partial charge in [-0.3, -0.25) is 10.1 Å². The lowest BCUT2D eigenvalue weighted by Gasteiger charge is -2.22. The number of carbonyl (C=O) groups excluding carboxylic acids is 1. The van der Waals surface area contributed by atoms with Crippen LogP contribution < -0.4 is 15.5 Å². The molecule has 2 aromatic rings. The number of thiophene rings is 1. The molecule has 0 unspecified atom stereocenters. The van der Waals surface area contributed by atoms with Crippen LogP contribution in [-0.2, 0) is 0 Å². The first-order valence-corrected chi connectivity index (χ1v) is 8.85. The fourth-order valence-electron chi connectivity index (χ4n) is 2.30. The Morgan fingerprint density at radius 1 is 1.26 bits per heavy atom. The Morgan fingerprint density at radius 2 is 2.00 bits per heavy atom. The smallest absolute Gasteiger partial charge is 0.267 e. The van der Waals surface area contributed by atoms with Crippen molar-refractivity contribution >= 4 is 45.9 Å². The predicted molar refractivity (Wildman–Crippen MR) is 103 cm³/mol. The highest BCUT2D eigenvalue weighted by Gasteiger charge is 2.10. The van der Waals surface area contributed by atoms with Gasteiger partial charge in [0.2, 0.25) is 0 Å². The van der Waals surface area contributed by atoms with Crippen molar-refractivity contribution in [2.45, 2.75) is 20.8 Å². The quantitative estimate of drug-likeness (QED) is 0.802. The summed E-state index contributed by atoms with van der Waals surface area (Å²) in [5, 5.41) is 7.96. The van der Waals surface area contributed by atoms with Crippen LogP contribution in [0.3, 0.4) is 0 Å². The number of hydrogen-bond acceptors (Lipinski definition) is 4. The molecule has 0 atom stereocenters. The average molecular weight is 348 g/mol. The monoisotopic (exact) mass is 347 g/mol. The first-order valence-electron chi connectivity index (χ1n) is 7.56. The van der Waals surface area contributed by atoms with E-state index in [-0.39, 0.29) is 5.91 Å². The van der Waals surface area contributed by atoms with Gasteiger partial charge in [0.1, 0.15) is 0 Å². The maximum atomic E-state index is 12.0. The van der Waals surface area contributed by atoms with Crippen LogP contribution in [0.25, 0.3) is 0 Å². The highest BCUT2D eigenvalue weighted by molar-refractivity contribution is 7.80. The second-order valence-corrected chi connectivity index (χ2v) is 6.41. The number of thiocarbonyl (C=S) groups is 1. The molecule has 1 amide bonds. The molecular formula is C17H21N3OS2. The fraction of sp³-hybridized carbons (Fsp3) is 0.294. The van der Waals surface area contributed by atoms with Gasteiger partial charge >= 0.3 is 0 Å². The number of anilines is 2. The molecular weight excluding hydrogens is 326 g/mol. The van der Waals surface area contributed by atoms with Crippen molar-refractivity contribution < 1.29 is 4.79 Å². The molecule has 1 heterocycles. The van der Waals surface area contributed by atoms with Gasteiger partial charge in [-0.05, 0) is 68.2 Å². The molecule has 23 heavy (non-hydrogen) atoms. The predicted octanol–water partition coefficient (Wildman–Crippen LogP) is 4.03. The number of benzene rings is 1. The van der Waals surface area contributed by atoms with Gasteiger partial charge < -0.3 is 10.2 Å². The molecule has 4 nitrogen and oxygen atoms in total. The molecule has 0 saturated heterocycles. The van der Waals surface area contributed by atoms with Gasteiger partial charge in [0.25, 0.3) is 5.91 Å². The van der Waals surface area contributed by atoms with Gasteiger partial charge in [-0.25, -0.2) is 0 Å². The summed E-state index contributed by atoms with van der Waals surface area (Å²) in [7, 11) is 0. The zero-order chi connectivity index (χ0) is 16.8. The zero-order valence-corrected chi connectivity index (χ0v) is 15.2. The summed E-state index contributed by atoms with van der Waals surface area (Å²) in [6.45, 7) is 8.25. The minimum absolute atomic E-state index is 0.185. The van der Waals surface area contributed by atoms with E-state index in [9.17, 15) is 4.79 Å². The molecule has 1 aromatic carbocycles. The Hall–Kier alpha value is -1.92. The van der Waals surface area contributed by atoms with Gasteiger partial charge in [-0.2, -0.15) is 0 Å². The van der Waals surface area contributed by atoms with Gasteiger partial charge in [-0.15, -0.1) is 11.3 Å². The van der Waals surface area contributed by atoms with Crippen LogP contribution >= 0.6 is 23.6 Å². The summed E-state index contributed by atoms with van der Waals surface area (Å²) in [6, 6.07) is 9.79. The lowest BCUT2D eigenvalue weighted by molar-refractivity contribution is 0.0981. The Balaban J connectivity index is 2.02. The summed E-state index contributed by atoms with van der Waals surface area (Å²) in [5.74, 6) is -0.185. The van der Waals surface area contributed by atoms with E-state index in [1.807, 2.05) is 24.4 Å². The molecule has 0 aliphatic heterocycles. The average Bonchev–Trinajstić information content (AvgIpc) is 3.05. The van der Waals surface area contributed by atoms with Crippen LogP contribution in [0.5, 0.6) is 0 Å². The molecule has 0 aliphatic rings. The third-order valence-corrected chi connectivity index (χ3v) is 4.63. The van der Waals surface area contributed by atoms with E-state index in [0.717, 1.165) is 24.3 Å². The molecule has 6 heteroatoms. The van der Waals surface area contributed by atoms with Crippen LogP contribution in [0.1, 0.15) is 29.1 Å². The van der Waals surface area contributed by atoms with E-state index in [2.05, 4.69) is 41.5 Å². The number of nitrogens with one attached hydrogen (secondary N) is 2. The second kappa shape index (κ2) is 8.08. The van der Waals surface area contributed by atoms with Crippen molar-refractivity contribution in [3.8, 4) is 0 Å². The standard InChI is InChI=1S/C17H21N3OS2/c1-4-20(5-2)13-8-9-14(12(3)11-13)18-17(22)19-16(21)15-7-6-10-23-15/h6-11H,4-5H2,1-3H3,(H2,18,19,21,22). The summed E-state index contributed by atoms with van der Waals surface area (Å²) >= 11 is 6.61. The minimum atomic E-state index is -0.185. The van der Waals surface area contributed by atoms with Crippen LogP contribution in [0.4, 0.5) is 11.4 Å². The maximum Gasteiger partial charge on any atom is 0.267 e. The summed E-state index contributed by atoms with van der Waals surface area (Å²) in [5.41, 5.74) is 3.17. The van der Waals surface area contributed by atoms with E-state index in [0.29, 0.717) is 9.99 Å². The Labute approximate surface area is 146 Å². The molecule has 2 N–H and O–H groups in total.